The minimum absolute atomic E-state index is 0.110. The van der Waals surface area contributed by atoms with E-state index in [9.17, 15) is 4.79 Å². The third kappa shape index (κ3) is 3.50. The van der Waals surface area contributed by atoms with E-state index in [1.807, 2.05) is 36.9 Å². The standard InChI is InChI=1S/C14H19NOS/c1-11(12-5-3-2-4-6-12)15-14(16)13-7-9-17-10-8-13/h2-6,11,13H,7-10H2,1H3,(H,15,16). The molecule has 17 heavy (non-hydrogen) atoms. The van der Waals surface area contributed by atoms with Gasteiger partial charge in [0.25, 0.3) is 0 Å². The van der Waals surface area contributed by atoms with Crippen LogP contribution in [0.5, 0.6) is 0 Å². The van der Waals surface area contributed by atoms with Gasteiger partial charge < -0.3 is 5.32 Å². The molecular weight excluding hydrogens is 230 g/mol. The summed E-state index contributed by atoms with van der Waals surface area (Å²) in [5.41, 5.74) is 1.17. The van der Waals surface area contributed by atoms with Crippen LogP contribution in [0, 0.1) is 5.92 Å². The smallest absolute Gasteiger partial charge is 0.223 e. The van der Waals surface area contributed by atoms with Crippen LogP contribution >= 0.6 is 11.8 Å². The lowest BCUT2D eigenvalue weighted by molar-refractivity contribution is -0.125. The average Bonchev–Trinajstić information content (AvgIpc) is 2.40. The van der Waals surface area contributed by atoms with Crippen LogP contribution in [0.2, 0.25) is 0 Å². The quantitative estimate of drug-likeness (QED) is 0.892. The van der Waals surface area contributed by atoms with Gasteiger partial charge in [-0.1, -0.05) is 30.3 Å². The molecular formula is C14H19NOS. The van der Waals surface area contributed by atoms with Crippen molar-refractivity contribution in [2.75, 3.05) is 11.5 Å². The predicted octanol–water partition coefficient (Wildman–Crippen LogP) is 3.01. The Morgan fingerprint density at radius 3 is 2.59 bits per heavy atom. The summed E-state index contributed by atoms with van der Waals surface area (Å²) in [5.74, 6) is 2.69. The van der Waals surface area contributed by atoms with Gasteiger partial charge >= 0.3 is 0 Å². The summed E-state index contributed by atoms with van der Waals surface area (Å²) in [6, 6.07) is 10.2. The lowest BCUT2D eigenvalue weighted by Gasteiger charge is -2.23. The van der Waals surface area contributed by atoms with Crippen molar-refractivity contribution in [3.05, 3.63) is 35.9 Å². The molecule has 3 heteroatoms. The molecule has 0 bridgehead atoms. The highest BCUT2D eigenvalue weighted by Crippen LogP contribution is 2.23. The molecule has 1 atom stereocenters. The maximum absolute atomic E-state index is 12.1. The van der Waals surface area contributed by atoms with Crippen LogP contribution in [-0.4, -0.2) is 17.4 Å². The van der Waals surface area contributed by atoms with Crippen molar-refractivity contribution in [2.24, 2.45) is 5.92 Å². The van der Waals surface area contributed by atoms with Crippen molar-refractivity contribution >= 4 is 17.7 Å². The van der Waals surface area contributed by atoms with Gasteiger partial charge in [-0.2, -0.15) is 11.8 Å². The summed E-state index contributed by atoms with van der Waals surface area (Å²) < 4.78 is 0. The summed E-state index contributed by atoms with van der Waals surface area (Å²) in [5, 5.41) is 3.12. The molecule has 0 aromatic heterocycles. The lowest BCUT2D eigenvalue weighted by atomic mass is 10.0. The Morgan fingerprint density at radius 2 is 1.94 bits per heavy atom. The fraction of sp³-hybridized carbons (Fsp3) is 0.500. The van der Waals surface area contributed by atoms with Gasteiger partial charge in [0, 0.05) is 5.92 Å². The van der Waals surface area contributed by atoms with E-state index in [-0.39, 0.29) is 17.9 Å². The fourth-order valence-electron chi connectivity index (χ4n) is 2.12. The Morgan fingerprint density at radius 1 is 1.29 bits per heavy atom. The monoisotopic (exact) mass is 249 g/mol. The van der Waals surface area contributed by atoms with Crippen LogP contribution in [-0.2, 0) is 4.79 Å². The van der Waals surface area contributed by atoms with Gasteiger partial charge in [0.1, 0.15) is 0 Å². The molecule has 1 aliphatic heterocycles. The van der Waals surface area contributed by atoms with E-state index in [4.69, 9.17) is 0 Å². The second kappa shape index (κ2) is 6.10. The van der Waals surface area contributed by atoms with Crippen molar-refractivity contribution in [1.82, 2.24) is 5.32 Å². The maximum Gasteiger partial charge on any atom is 0.223 e. The van der Waals surface area contributed by atoms with Crippen molar-refractivity contribution in [1.29, 1.82) is 0 Å². The SMILES string of the molecule is CC(NC(=O)C1CCSCC1)c1ccccc1. The number of carbonyl (C=O) groups excluding carboxylic acids is 1. The average molecular weight is 249 g/mol. The molecule has 1 saturated heterocycles. The van der Waals surface area contributed by atoms with E-state index in [0.717, 1.165) is 24.3 Å². The second-order valence-electron chi connectivity index (χ2n) is 4.53. The summed E-state index contributed by atoms with van der Waals surface area (Å²) >= 11 is 1.95. The first-order valence-electron chi connectivity index (χ1n) is 6.20. The van der Waals surface area contributed by atoms with E-state index in [0.29, 0.717) is 0 Å². The first-order valence-corrected chi connectivity index (χ1v) is 7.36. The highest BCUT2D eigenvalue weighted by molar-refractivity contribution is 7.99. The van der Waals surface area contributed by atoms with E-state index < -0.39 is 0 Å². The van der Waals surface area contributed by atoms with E-state index in [1.54, 1.807) is 0 Å². The van der Waals surface area contributed by atoms with Gasteiger partial charge in [-0.05, 0) is 36.8 Å². The van der Waals surface area contributed by atoms with Gasteiger partial charge in [-0.15, -0.1) is 0 Å². The topological polar surface area (TPSA) is 29.1 Å². The number of nitrogens with one attached hydrogen (secondary N) is 1. The number of hydrogen-bond donors (Lipinski definition) is 1. The van der Waals surface area contributed by atoms with Crippen molar-refractivity contribution in [2.45, 2.75) is 25.8 Å². The van der Waals surface area contributed by atoms with Crippen molar-refractivity contribution in [3.63, 3.8) is 0 Å². The van der Waals surface area contributed by atoms with Gasteiger partial charge in [-0.25, -0.2) is 0 Å². The number of rotatable bonds is 3. The van der Waals surface area contributed by atoms with E-state index in [2.05, 4.69) is 17.4 Å². The molecule has 0 aliphatic carbocycles. The molecule has 1 N–H and O–H groups in total. The fourth-order valence-corrected chi connectivity index (χ4v) is 3.22. The molecule has 1 aromatic rings. The second-order valence-corrected chi connectivity index (χ2v) is 5.75. The largest absolute Gasteiger partial charge is 0.349 e. The Bertz CT molecular complexity index is 360. The summed E-state index contributed by atoms with van der Waals surface area (Å²) in [4.78, 5) is 12.1. The van der Waals surface area contributed by atoms with Crippen LogP contribution in [0.15, 0.2) is 30.3 Å². The summed E-state index contributed by atoms with van der Waals surface area (Å²) in [6.45, 7) is 2.05. The third-order valence-corrected chi connectivity index (χ3v) is 4.30. The molecule has 1 heterocycles. The molecule has 1 amide bonds. The zero-order valence-corrected chi connectivity index (χ0v) is 11.0. The van der Waals surface area contributed by atoms with Crippen LogP contribution < -0.4 is 5.32 Å². The van der Waals surface area contributed by atoms with Gasteiger partial charge in [0.15, 0.2) is 0 Å². The van der Waals surface area contributed by atoms with Gasteiger partial charge in [0.2, 0.25) is 5.91 Å². The molecule has 1 fully saturated rings. The maximum atomic E-state index is 12.1. The molecule has 2 nitrogen and oxygen atoms in total. The summed E-state index contributed by atoms with van der Waals surface area (Å²) in [6.07, 6.45) is 2.05. The molecule has 92 valence electrons. The predicted molar refractivity (Wildman–Crippen MR) is 73.0 cm³/mol. The van der Waals surface area contributed by atoms with Crippen LogP contribution in [0.3, 0.4) is 0 Å². The van der Waals surface area contributed by atoms with Crippen molar-refractivity contribution in [3.8, 4) is 0 Å². The summed E-state index contributed by atoms with van der Waals surface area (Å²) in [7, 11) is 0. The van der Waals surface area contributed by atoms with E-state index in [1.165, 1.54) is 5.56 Å². The minimum atomic E-state index is 0.110. The third-order valence-electron chi connectivity index (χ3n) is 3.25. The Balaban J connectivity index is 1.89. The van der Waals surface area contributed by atoms with E-state index >= 15 is 0 Å². The molecule has 1 aromatic carbocycles. The number of benzene rings is 1. The highest BCUT2D eigenvalue weighted by Gasteiger charge is 2.22. The normalized spacial score (nSPS) is 18.6. The molecule has 2 rings (SSSR count). The number of amides is 1. The van der Waals surface area contributed by atoms with Crippen LogP contribution in [0.25, 0.3) is 0 Å². The number of hydrogen-bond acceptors (Lipinski definition) is 2. The zero-order valence-electron chi connectivity index (χ0n) is 10.2. The van der Waals surface area contributed by atoms with Gasteiger partial charge in [0.05, 0.1) is 6.04 Å². The Hall–Kier alpha value is -0.960. The number of carbonyl (C=O) groups is 1. The van der Waals surface area contributed by atoms with Crippen LogP contribution in [0.1, 0.15) is 31.4 Å². The van der Waals surface area contributed by atoms with Gasteiger partial charge in [-0.3, -0.25) is 4.79 Å². The van der Waals surface area contributed by atoms with Crippen molar-refractivity contribution < 1.29 is 4.79 Å². The highest BCUT2D eigenvalue weighted by atomic mass is 32.2. The lowest BCUT2D eigenvalue weighted by Crippen LogP contribution is -2.34. The Kier molecular flexibility index (Phi) is 4.49. The number of thioether (sulfide) groups is 1. The Labute approximate surface area is 107 Å². The molecule has 1 aliphatic rings. The molecule has 1 unspecified atom stereocenters. The first-order chi connectivity index (χ1) is 8.27. The molecule has 0 spiro atoms. The first kappa shape index (κ1) is 12.5. The minimum Gasteiger partial charge on any atom is -0.349 e. The molecule has 0 saturated carbocycles. The van der Waals surface area contributed by atoms with Crippen LogP contribution in [0.4, 0.5) is 0 Å². The molecule has 0 radical (unpaired) electrons. The zero-order chi connectivity index (χ0) is 12.1.